The third-order valence-electron chi connectivity index (χ3n) is 2.95. The third kappa shape index (κ3) is 2.30. The molecular weight excluding hydrogens is 244 g/mol. The summed E-state index contributed by atoms with van der Waals surface area (Å²) in [6, 6.07) is 5.47. The van der Waals surface area contributed by atoms with Gasteiger partial charge in [0.05, 0.1) is 24.8 Å². The van der Waals surface area contributed by atoms with Crippen LogP contribution >= 0.6 is 0 Å². The first-order valence-electron chi connectivity index (χ1n) is 5.96. The van der Waals surface area contributed by atoms with E-state index in [0.29, 0.717) is 11.6 Å². The number of aliphatic hydroxyl groups excluding tert-OH is 1. The number of nitrogens with zero attached hydrogens (tertiary/aromatic N) is 4. The summed E-state index contributed by atoms with van der Waals surface area (Å²) in [6.07, 6.45) is 4.47. The van der Waals surface area contributed by atoms with E-state index in [1.54, 1.807) is 24.7 Å². The van der Waals surface area contributed by atoms with Crippen LogP contribution in [0.2, 0.25) is 0 Å². The van der Waals surface area contributed by atoms with Gasteiger partial charge in [-0.15, -0.1) is 0 Å². The minimum atomic E-state index is -0.641. The van der Waals surface area contributed by atoms with E-state index in [1.165, 1.54) is 4.90 Å². The third-order valence-corrected chi connectivity index (χ3v) is 2.95. The smallest absolute Gasteiger partial charge is 0.232 e. The van der Waals surface area contributed by atoms with Gasteiger partial charge in [-0.2, -0.15) is 0 Å². The molecular formula is C13H12N4O2. The molecule has 96 valence electrons. The Bertz CT molecular complexity index is 603. The molecule has 1 aliphatic heterocycles. The predicted molar refractivity (Wildman–Crippen MR) is 68.2 cm³/mol. The van der Waals surface area contributed by atoms with Crippen LogP contribution < -0.4 is 4.90 Å². The largest absolute Gasteiger partial charge is 0.391 e. The van der Waals surface area contributed by atoms with Crippen LogP contribution in [0.1, 0.15) is 6.42 Å². The molecule has 0 aromatic carbocycles. The second kappa shape index (κ2) is 4.74. The van der Waals surface area contributed by atoms with Crippen molar-refractivity contribution in [3.8, 4) is 11.3 Å². The fourth-order valence-electron chi connectivity index (χ4n) is 2.04. The number of β-amino-alcohol motifs (C(OH)–C–C–N with tert-alkyl or cyclic N) is 1. The fourth-order valence-corrected chi connectivity index (χ4v) is 2.04. The van der Waals surface area contributed by atoms with Crippen LogP contribution in [0.15, 0.2) is 36.8 Å². The van der Waals surface area contributed by atoms with Crippen LogP contribution in [0.25, 0.3) is 11.3 Å². The number of carbonyl (C=O) groups is 1. The SMILES string of the molecule is O=C1CC(O)CN1c1nccc(-c2cccnc2)n1. The zero-order valence-corrected chi connectivity index (χ0v) is 10.1. The Labute approximate surface area is 109 Å². The van der Waals surface area contributed by atoms with Gasteiger partial charge in [0.2, 0.25) is 11.9 Å². The van der Waals surface area contributed by atoms with Gasteiger partial charge >= 0.3 is 0 Å². The molecule has 3 heterocycles. The van der Waals surface area contributed by atoms with Gasteiger partial charge in [0, 0.05) is 24.2 Å². The first-order chi connectivity index (χ1) is 9.24. The molecule has 2 aromatic heterocycles. The average molecular weight is 256 g/mol. The molecule has 3 rings (SSSR count). The Hall–Kier alpha value is -2.34. The molecule has 6 nitrogen and oxygen atoms in total. The van der Waals surface area contributed by atoms with Crippen molar-refractivity contribution in [3.05, 3.63) is 36.8 Å². The van der Waals surface area contributed by atoms with E-state index in [0.717, 1.165) is 5.56 Å². The summed E-state index contributed by atoms with van der Waals surface area (Å²) >= 11 is 0. The number of aliphatic hydroxyl groups is 1. The lowest BCUT2D eigenvalue weighted by molar-refractivity contribution is -0.117. The highest BCUT2D eigenvalue weighted by Crippen LogP contribution is 2.21. The number of anilines is 1. The van der Waals surface area contributed by atoms with Gasteiger partial charge < -0.3 is 5.11 Å². The lowest BCUT2D eigenvalue weighted by atomic mass is 10.2. The van der Waals surface area contributed by atoms with E-state index in [-0.39, 0.29) is 18.9 Å². The van der Waals surface area contributed by atoms with Crippen LogP contribution in [0.5, 0.6) is 0 Å². The number of hydrogen-bond donors (Lipinski definition) is 1. The van der Waals surface area contributed by atoms with Crippen LogP contribution in [0.4, 0.5) is 5.95 Å². The minimum absolute atomic E-state index is 0.125. The van der Waals surface area contributed by atoms with Gasteiger partial charge in [0.1, 0.15) is 0 Å². The highest BCUT2D eigenvalue weighted by atomic mass is 16.3. The van der Waals surface area contributed by atoms with Crippen LogP contribution in [-0.2, 0) is 4.79 Å². The molecule has 0 spiro atoms. The van der Waals surface area contributed by atoms with Crippen molar-refractivity contribution < 1.29 is 9.90 Å². The van der Waals surface area contributed by atoms with Crippen LogP contribution in [0.3, 0.4) is 0 Å². The molecule has 0 bridgehead atoms. The minimum Gasteiger partial charge on any atom is -0.391 e. The van der Waals surface area contributed by atoms with Gasteiger partial charge in [0.25, 0.3) is 0 Å². The van der Waals surface area contributed by atoms with Gasteiger partial charge in [-0.25, -0.2) is 9.97 Å². The number of hydrogen-bond acceptors (Lipinski definition) is 5. The van der Waals surface area contributed by atoms with E-state index in [9.17, 15) is 9.90 Å². The Morgan fingerprint density at radius 3 is 2.89 bits per heavy atom. The molecule has 2 aromatic rings. The second-order valence-electron chi connectivity index (χ2n) is 4.35. The zero-order valence-electron chi connectivity index (χ0n) is 10.1. The maximum absolute atomic E-state index is 11.7. The first kappa shape index (κ1) is 11.7. The molecule has 1 amide bonds. The molecule has 0 aliphatic carbocycles. The highest BCUT2D eigenvalue weighted by Gasteiger charge is 2.30. The van der Waals surface area contributed by atoms with Gasteiger partial charge in [-0.1, -0.05) is 0 Å². The summed E-state index contributed by atoms with van der Waals surface area (Å²) in [5, 5.41) is 9.49. The Kier molecular flexibility index (Phi) is 2.92. The molecule has 1 N–H and O–H groups in total. The molecule has 0 saturated carbocycles. The van der Waals surface area contributed by atoms with Crippen molar-refractivity contribution in [2.24, 2.45) is 0 Å². The van der Waals surface area contributed by atoms with E-state index in [2.05, 4.69) is 15.0 Å². The van der Waals surface area contributed by atoms with E-state index >= 15 is 0 Å². The monoisotopic (exact) mass is 256 g/mol. The molecule has 1 atom stereocenters. The molecule has 6 heteroatoms. The molecule has 1 fully saturated rings. The van der Waals surface area contributed by atoms with Crippen molar-refractivity contribution in [1.82, 2.24) is 15.0 Å². The van der Waals surface area contributed by atoms with Crippen molar-refractivity contribution in [1.29, 1.82) is 0 Å². The standard InChI is InChI=1S/C13H12N4O2/c18-10-6-12(19)17(8-10)13-15-5-3-11(16-13)9-2-1-4-14-7-9/h1-5,7,10,18H,6,8H2. The number of carbonyl (C=O) groups excluding carboxylic acids is 1. The number of aromatic nitrogens is 3. The average Bonchev–Trinajstić information content (AvgIpc) is 2.79. The Balaban J connectivity index is 1.95. The van der Waals surface area contributed by atoms with Crippen LogP contribution in [0, 0.1) is 0 Å². The Morgan fingerprint density at radius 1 is 1.32 bits per heavy atom. The Morgan fingerprint density at radius 2 is 2.21 bits per heavy atom. The summed E-state index contributed by atoms with van der Waals surface area (Å²) in [5.74, 6) is 0.165. The van der Waals surface area contributed by atoms with Gasteiger partial charge in [-0.3, -0.25) is 14.7 Å². The normalized spacial score (nSPS) is 18.9. The quantitative estimate of drug-likeness (QED) is 0.852. The summed E-state index contributed by atoms with van der Waals surface area (Å²) < 4.78 is 0. The summed E-state index contributed by atoms with van der Waals surface area (Å²) in [4.78, 5) is 25.6. The summed E-state index contributed by atoms with van der Waals surface area (Å²) in [7, 11) is 0. The lowest BCUT2D eigenvalue weighted by Gasteiger charge is -2.13. The number of amides is 1. The molecule has 1 aliphatic rings. The molecule has 19 heavy (non-hydrogen) atoms. The topological polar surface area (TPSA) is 79.2 Å². The van der Waals surface area contributed by atoms with Gasteiger partial charge in [-0.05, 0) is 18.2 Å². The molecule has 1 saturated heterocycles. The number of pyridine rings is 1. The first-order valence-corrected chi connectivity index (χ1v) is 5.96. The summed E-state index contributed by atoms with van der Waals surface area (Å²) in [5.41, 5.74) is 1.56. The van der Waals surface area contributed by atoms with E-state index in [4.69, 9.17) is 0 Å². The maximum Gasteiger partial charge on any atom is 0.232 e. The predicted octanol–water partition coefficient (Wildman–Crippen LogP) is 0.636. The van der Waals surface area contributed by atoms with Crippen molar-refractivity contribution >= 4 is 11.9 Å². The lowest BCUT2D eigenvalue weighted by Crippen LogP contribution is -2.27. The maximum atomic E-state index is 11.7. The van der Waals surface area contributed by atoms with Gasteiger partial charge in [0.15, 0.2) is 0 Å². The molecule has 0 radical (unpaired) electrons. The van der Waals surface area contributed by atoms with Crippen LogP contribution in [-0.4, -0.2) is 38.6 Å². The van der Waals surface area contributed by atoms with E-state index in [1.807, 2.05) is 12.1 Å². The molecule has 1 unspecified atom stereocenters. The van der Waals surface area contributed by atoms with E-state index < -0.39 is 6.10 Å². The second-order valence-corrected chi connectivity index (χ2v) is 4.35. The van der Waals surface area contributed by atoms with Crippen molar-refractivity contribution in [2.45, 2.75) is 12.5 Å². The number of rotatable bonds is 2. The highest BCUT2D eigenvalue weighted by molar-refractivity contribution is 5.94. The zero-order chi connectivity index (χ0) is 13.2. The van der Waals surface area contributed by atoms with Crippen molar-refractivity contribution in [3.63, 3.8) is 0 Å². The summed E-state index contributed by atoms with van der Waals surface area (Å²) in [6.45, 7) is 0.245. The van der Waals surface area contributed by atoms with Crippen molar-refractivity contribution in [2.75, 3.05) is 11.4 Å². The fraction of sp³-hybridized carbons (Fsp3) is 0.231.